The summed E-state index contributed by atoms with van der Waals surface area (Å²) in [5, 5.41) is 8.84. The second-order valence-electron chi connectivity index (χ2n) is 22.7. The monoisotopic (exact) mass is 1010 g/mol. The lowest BCUT2D eigenvalue weighted by molar-refractivity contribution is 0.591. The number of para-hydroxylation sites is 2. The van der Waals surface area contributed by atoms with E-state index in [1.54, 1.807) is 0 Å². The van der Waals surface area contributed by atoms with Gasteiger partial charge in [0.05, 0.1) is 58.2 Å². The van der Waals surface area contributed by atoms with E-state index in [1.165, 1.54) is 11.1 Å². The number of benzene rings is 11. The third-order valence-corrected chi connectivity index (χ3v) is 16.0. The van der Waals surface area contributed by atoms with Crippen molar-refractivity contribution in [3.05, 3.63) is 254 Å². The SMILES string of the molecule is [2H]c1c([2H])c([2H])c(-c2ccc(N(c3ccccc3)c3ccc4c5cc6c(cc5n5c7ccc(C(C)(C)C)cc7c3c45)c3ccc(N(c4ccccc4)c4ccc(-c5c([2H])c([2H])c([2H])c([2H])c5[2H])cc4)c4c5cc(C(C)(C)C)ccc5n6c34)cc2)c([2H])c1[2H]. The molecule has 78 heavy (non-hydrogen) atoms. The Morgan fingerprint density at radius 1 is 0.321 bits per heavy atom. The van der Waals surface area contributed by atoms with Crippen molar-refractivity contribution in [2.24, 2.45) is 0 Å². The maximum Gasteiger partial charge on any atom is 0.0641 e. The molecule has 4 aromatic heterocycles. The number of fused-ring (bicyclic) bond motifs is 12. The molecule has 0 spiro atoms. The molecule has 0 saturated heterocycles. The fraction of sp³-hybridized carbons (Fsp3) is 0.108. The second kappa shape index (κ2) is 17.1. The van der Waals surface area contributed by atoms with E-state index < -0.39 is 12.1 Å². The summed E-state index contributed by atoms with van der Waals surface area (Å²) in [6.45, 7) is 13.5. The van der Waals surface area contributed by atoms with Crippen molar-refractivity contribution >= 4 is 110 Å². The first-order chi connectivity index (χ1) is 42.1. The molecule has 0 saturated carbocycles. The predicted molar refractivity (Wildman–Crippen MR) is 333 cm³/mol. The molecule has 4 nitrogen and oxygen atoms in total. The summed E-state index contributed by atoms with van der Waals surface area (Å²) in [7, 11) is 0. The van der Waals surface area contributed by atoms with Crippen LogP contribution in [0.25, 0.3) is 98.4 Å². The van der Waals surface area contributed by atoms with Crippen LogP contribution in [-0.4, -0.2) is 8.80 Å². The zero-order valence-electron chi connectivity index (χ0n) is 54.1. The summed E-state index contributed by atoms with van der Waals surface area (Å²) >= 11 is 0. The number of rotatable bonds is 8. The van der Waals surface area contributed by atoms with Gasteiger partial charge in [-0.3, -0.25) is 0 Å². The Kier molecular flexibility index (Phi) is 8.00. The summed E-state index contributed by atoms with van der Waals surface area (Å²) in [5.41, 5.74) is 15.4. The van der Waals surface area contributed by atoms with Gasteiger partial charge in [-0.05, 0) is 141 Å². The highest BCUT2D eigenvalue weighted by Gasteiger charge is 2.30. The second-order valence-corrected chi connectivity index (χ2v) is 22.7. The molecule has 0 atom stereocenters. The third kappa shape index (κ3) is 6.99. The number of aromatic nitrogens is 2. The highest BCUT2D eigenvalue weighted by molar-refractivity contribution is 6.32. The largest absolute Gasteiger partial charge is 0.310 e. The van der Waals surface area contributed by atoms with Crippen molar-refractivity contribution in [2.75, 3.05) is 9.80 Å². The molecule has 15 aromatic rings. The van der Waals surface area contributed by atoms with Crippen LogP contribution in [0.3, 0.4) is 0 Å². The smallest absolute Gasteiger partial charge is 0.0641 e. The summed E-state index contributed by atoms with van der Waals surface area (Å²) in [4.78, 5) is 4.52. The van der Waals surface area contributed by atoms with Crippen LogP contribution < -0.4 is 9.80 Å². The first kappa shape index (κ1) is 36.6. The minimum absolute atomic E-state index is 0.156. The van der Waals surface area contributed by atoms with Crippen LogP contribution in [0.15, 0.2) is 242 Å². The first-order valence-corrected chi connectivity index (χ1v) is 26.6. The van der Waals surface area contributed by atoms with E-state index in [2.05, 4.69) is 157 Å². The average molecular weight is 1010 g/mol. The Morgan fingerprint density at radius 3 is 1.06 bits per heavy atom. The summed E-state index contributed by atoms with van der Waals surface area (Å²) in [6, 6.07) is 60.1. The maximum absolute atomic E-state index is 8.78. The standard InChI is InChI=1S/C74H58N4/c1-73(2,3)51-31-39-63-61(43-51)69-65(75(53-23-15-9-16-24-53)55-33-27-49(28-34-55)47-19-11-7-12-20-47)41-37-57-59-46-68-60(45-67(59)77(63)71(57)69)58-38-42-66(70-62-44-52(74(4,5)6)32-40-64(62)78(68)72(58)70)76(54-25-17-10-18-26-54)56-35-29-50(30-36-56)48-21-13-8-14-22-48/h7-46H,1-6H3/i7D,8D,11D,12D,13D,14D,19D,20D,21D,22D. The number of hydrogen-bond donors (Lipinski definition) is 0. The molecule has 0 N–H and O–H groups in total. The number of anilines is 6. The third-order valence-electron chi connectivity index (χ3n) is 16.0. The quantitative estimate of drug-likeness (QED) is 0.151. The lowest BCUT2D eigenvalue weighted by atomic mass is 9.86. The molecule has 15 rings (SSSR count). The Balaban J connectivity index is 0.981. The fourth-order valence-corrected chi connectivity index (χ4v) is 12.2. The van der Waals surface area contributed by atoms with Crippen molar-refractivity contribution in [3.8, 4) is 22.3 Å². The van der Waals surface area contributed by atoms with Crippen LogP contribution in [0.5, 0.6) is 0 Å². The molecule has 0 bridgehead atoms. The zero-order chi connectivity index (χ0) is 61.3. The van der Waals surface area contributed by atoms with Gasteiger partial charge in [-0.2, -0.15) is 0 Å². The van der Waals surface area contributed by atoms with Crippen LogP contribution in [0.1, 0.15) is 66.4 Å². The van der Waals surface area contributed by atoms with Crippen LogP contribution in [0.2, 0.25) is 0 Å². The van der Waals surface area contributed by atoms with Gasteiger partial charge in [0.15, 0.2) is 0 Å². The van der Waals surface area contributed by atoms with Crippen molar-refractivity contribution in [1.82, 2.24) is 8.80 Å². The highest BCUT2D eigenvalue weighted by Crippen LogP contribution is 2.52. The van der Waals surface area contributed by atoms with Crippen LogP contribution in [0, 0.1) is 0 Å². The molecule has 0 unspecified atom stereocenters. The Morgan fingerprint density at radius 2 is 0.692 bits per heavy atom. The molecular formula is C74H58N4. The molecule has 0 amide bonds. The van der Waals surface area contributed by atoms with Crippen molar-refractivity contribution < 1.29 is 13.7 Å². The van der Waals surface area contributed by atoms with Crippen molar-refractivity contribution in [2.45, 2.75) is 52.4 Å². The Hall–Kier alpha value is -9.38. The van der Waals surface area contributed by atoms with Gasteiger partial charge in [-0.25, -0.2) is 0 Å². The molecule has 0 aliphatic rings. The van der Waals surface area contributed by atoms with E-state index in [9.17, 15) is 0 Å². The van der Waals surface area contributed by atoms with E-state index in [4.69, 9.17) is 13.7 Å². The van der Waals surface area contributed by atoms with Gasteiger partial charge in [0, 0.05) is 65.8 Å². The van der Waals surface area contributed by atoms with Gasteiger partial charge in [0.25, 0.3) is 0 Å². The predicted octanol–water partition coefficient (Wildman–Crippen LogP) is 20.9. The van der Waals surface area contributed by atoms with Crippen LogP contribution in [0.4, 0.5) is 34.1 Å². The summed E-state index contributed by atoms with van der Waals surface area (Å²) < 4.78 is 90.2. The topological polar surface area (TPSA) is 15.3 Å². The lowest BCUT2D eigenvalue weighted by Gasteiger charge is -2.27. The van der Waals surface area contributed by atoms with Gasteiger partial charge >= 0.3 is 0 Å². The number of hydrogen-bond acceptors (Lipinski definition) is 2. The fourth-order valence-electron chi connectivity index (χ4n) is 12.2. The zero-order valence-corrected chi connectivity index (χ0v) is 44.1. The molecule has 0 fully saturated rings. The highest BCUT2D eigenvalue weighted by atomic mass is 15.2. The van der Waals surface area contributed by atoms with Gasteiger partial charge in [-0.15, -0.1) is 0 Å². The molecular weight excluding hydrogens is 945 g/mol. The van der Waals surface area contributed by atoms with Crippen LogP contribution >= 0.6 is 0 Å². The van der Waals surface area contributed by atoms with Crippen molar-refractivity contribution in [3.63, 3.8) is 0 Å². The summed E-state index contributed by atoms with van der Waals surface area (Å²) in [5.74, 6) is 0. The molecule has 0 aliphatic carbocycles. The van der Waals surface area contributed by atoms with E-state index in [1.807, 2.05) is 84.9 Å². The summed E-state index contributed by atoms with van der Waals surface area (Å²) in [6.07, 6.45) is 0. The molecule has 374 valence electrons. The minimum Gasteiger partial charge on any atom is -0.310 e. The Bertz CT molecular complexity index is 5000. The molecule has 0 aliphatic heterocycles. The van der Waals surface area contributed by atoms with Gasteiger partial charge in [0.1, 0.15) is 0 Å². The van der Waals surface area contributed by atoms with Crippen LogP contribution in [-0.2, 0) is 10.8 Å². The maximum atomic E-state index is 8.78. The van der Waals surface area contributed by atoms with E-state index in [0.29, 0.717) is 11.1 Å². The van der Waals surface area contributed by atoms with Gasteiger partial charge < -0.3 is 18.6 Å². The van der Waals surface area contributed by atoms with Crippen molar-refractivity contribution in [1.29, 1.82) is 0 Å². The average Bonchev–Trinajstić information content (AvgIpc) is 1.52. The normalized spacial score (nSPS) is 14.3. The first-order valence-electron chi connectivity index (χ1n) is 31.6. The van der Waals surface area contributed by atoms with Gasteiger partial charge in [0.2, 0.25) is 0 Å². The van der Waals surface area contributed by atoms with E-state index in [-0.39, 0.29) is 70.3 Å². The van der Waals surface area contributed by atoms with E-state index >= 15 is 0 Å². The minimum atomic E-state index is -0.423. The Labute approximate surface area is 469 Å². The molecule has 11 aromatic carbocycles. The number of nitrogens with zero attached hydrogens (tertiary/aromatic N) is 4. The van der Waals surface area contributed by atoms with E-state index in [0.717, 1.165) is 110 Å². The lowest BCUT2D eigenvalue weighted by Crippen LogP contribution is -2.11. The molecule has 4 heteroatoms. The van der Waals surface area contributed by atoms with Gasteiger partial charge in [-0.1, -0.05) is 187 Å². The molecule has 4 heterocycles. The molecule has 0 radical (unpaired) electrons.